The Morgan fingerprint density at radius 3 is 2.93 bits per heavy atom. The summed E-state index contributed by atoms with van der Waals surface area (Å²) in [6, 6.07) is 1.54. The molecule has 2 atom stereocenters. The van der Waals surface area contributed by atoms with Gasteiger partial charge in [0.05, 0.1) is 0 Å². The van der Waals surface area contributed by atoms with Gasteiger partial charge in [0.25, 0.3) is 0 Å². The number of hydrogen-bond acceptors (Lipinski definition) is 2. The molecule has 0 radical (unpaired) electrons. The molecule has 2 nitrogen and oxygen atoms in total. The Morgan fingerprint density at radius 2 is 2.29 bits per heavy atom. The summed E-state index contributed by atoms with van der Waals surface area (Å²) in [4.78, 5) is 2.49. The largest absolute Gasteiger partial charge is 0.312 e. The molecule has 14 heavy (non-hydrogen) atoms. The molecule has 2 unspecified atom stereocenters. The summed E-state index contributed by atoms with van der Waals surface area (Å²) in [6.45, 7) is 2.48. The molecule has 0 bridgehead atoms. The molecule has 1 heterocycles. The summed E-state index contributed by atoms with van der Waals surface area (Å²) in [5.74, 6) is 0. The molecule has 0 amide bonds. The Morgan fingerprint density at radius 1 is 1.36 bits per heavy atom. The number of allylic oxidation sites excluding steroid dienone is 1. The van der Waals surface area contributed by atoms with Gasteiger partial charge in [0.15, 0.2) is 0 Å². The molecule has 0 aromatic heterocycles. The van der Waals surface area contributed by atoms with Crippen LogP contribution in [-0.4, -0.2) is 37.1 Å². The van der Waals surface area contributed by atoms with Crippen LogP contribution in [0.25, 0.3) is 0 Å². The molecule has 0 aromatic rings. The van der Waals surface area contributed by atoms with Gasteiger partial charge in [0, 0.05) is 18.6 Å². The maximum absolute atomic E-state index is 3.70. The van der Waals surface area contributed by atoms with Crippen LogP contribution >= 0.6 is 0 Å². The zero-order chi connectivity index (χ0) is 9.80. The van der Waals surface area contributed by atoms with Crippen LogP contribution in [0, 0.1) is 0 Å². The Kier molecular flexibility index (Phi) is 3.60. The van der Waals surface area contributed by atoms with E-state index in [4.69, 9.17) is 0 Å². The highest BCUT2D eigenvalue weighted by atomic mass is 15.2. The van der Waals surface area contributed by atoms with Gasteiger partial charge in [-0.15, -0.1) is 0 Å². The maximum Gasteiger partial charge on any atom is 0.0218 e. The molecule has 1 fully saturated rings. The fourth-order valence-electron chi connectivity index (χ4n) is 2.52. The van der Waals surface area contributed by atoms with Gasteiger partial charge in [-0.25, -0.2) is 0 Å². The van der Waals surface area contributed by atoms with Gasteiger partial charge >= 0.3 is 0 Å². The van der Waals surface area contributed by atoms with Crippen molar-refractivity contribution in [2.24, 2.45) is 0 Å². The van der Waals surface area contributed by atoms with Gasteiger partial charge in [-0.05, 0) is 45.7 Å². The van der Waals surface area contributed by atoms with Crippen LogP contribution in [0.4, 0.5) is 0 Å². The topological polar surface area (TPSA) is 15.3 Å². The van der Waals surface area contributed by atoms with E-state index in [9.17, 15) is 0 Å². The summed E-state index contributed by atoms with van der Waals surface area (Å²) < 4.78 is 0. The number of nitrogens with zero attached hydrogens (tertiary/aromatic N) is 1. The average Bonchev–Trinajstić information content (AvgIpc) is 2.63. The maximum atomic E-state index is 3.70. The smallest absolute Gasteiger partial charge is 0.0218 e. The lowest BCUT2D eigenvalue weighted by Gasteiger charge is -2.25. The Hall–Kier alpha value is -0.340. The minimum absolute atomic E-state index is 0.744. The number of rotatable bonds is 3. The van der Waals surface area contributed by atoms with E-state index in [1.54, 1.807) is 0 Å². The minimum atomic E-state index is 0.744. The van der Waals surface area contributed by atoms with Crippen LogP contribution in [0.2, 0.25) is 0 Å². The molecule has 1 aliphatic heterocycles. The first-order chi connectivity index (χ1) is 6.86. The second-order valence-corrected chi connectivity index (χ2v) is 4.67. The Bertz CT molecular complexity index is 200. The molecule has 0 saturated carbocycles. The first-order valence-electron chi connectivity index (χ1n) is 5.95. The SMILES string of the molecule is CN1CCCC1CNC1CC=CCC1. The summed E-state index contributed by atoms with van der Waals surface area (Å²) >= 11 is 0. The van der Waals surface area contributed by atoms with Crippen molar-refractivity contribution in [3.63, 3.8) is 0 Å². The van der Waals surface area contributed by atoms with Crippen LogP contribution < -0.4 is 5.32 Å². The quantitative estimate of drug-likeness (QED) is 0.689. The van der Waals surface area contributed by atoms with Crippen molar-refractivity contribution in [1.82, 2.24) is 10.2 Å². The van der Waals surface area contributed by atoms with Crippen LogP contribution in [0.1, 0.15) is 32.1 Å². The van der Waals surface area contributed by atoms with Crippen molar-refractivity contribution >= 4 is 0 Å². The lowest BCUT2D eigenvalue weighted by atomic mass is 10.0. The number of hydrogen-bond donors (Lipinski definition) is 1. The normalized spacial score (nSPS) is 33.8. The molecule has 2 heteroatoms. The van der Waals surface area contributed by atoms with Crippen molar-refractivity contribution < 1.29 is 0 Å². The molecule has 0 aromatic carbocycles. The van der Waals surface area contributed by atoms with Crippen LogP contribution in [0.15, 0.2) is 12.2 Å². The molecular weight excluding hydrogens is 172 g/mol. The van der Waals surface area contributed by atoms with Crippen molar-refractivity contribution in [1.29, 1.82) is 0 Å². The lowest BCUT2D eigenvalue weighted by molar-refractivity contribution is 0.288. The predicted octanol–water partition coefficient (Wildman–Crippen LogP) is 1.78. The highest BCUT2D eigenvalue weighted by Crippen LogP contribution is 2.15. The second-order valence-electron chi connectivity index (χ2n) is 4.67. The molecule has 1 saturated heterocycles. The Balaban J connectivity index is 1.68. The molecule has 1 N–H and O–H groups in total. The molecule has 2 rings (SSSR count). The molecule has 0 spiro atoms. The van der Waals surface area contributed by atoms with Gasteiger partial charge in [-0.1, -0.05) is 12.2 Å². The third kappa shape index (κ3) is 2.58. The fraction of sp³-hybridized carbons (Fsp3) is 0.833. The summed E-state index contributed by atoms with van der Waals surface area (Å²) in [7, 11) is 2.25. The zero-order valence-electron chi connectivity index (χ0n) is 9.21. The van der Waals surface area contributed by atoms with Crippen molar-refractivity contribution in [3.8, 4) is 0 Å². The summed E-state index contributed by atoms with van der Waals surface area (Å²) in [5.41, 5.74) is 0. The third-order valence-electron chi connectivity index (χ3n) is 3.58. The van der Waals surface area contributed by atoms with E-state index in [-0.39, 0.29) is 0 Å². The average molecular weight is 194 g/mol. The van der Waals surface area contributed by atoms with Crippen LogP contribution in [-0.2, 0) is 0 Å². The Labute approximate surface area is 87.4 Å². The molecule has 1 aliphatic carbocycles. The van der Waals surface area contributed by atoms with E-state index in [0.717, 1.165) is 12.1 Å². The van der Waals surface area contributed by atoms with Crippen LogP contribution in [0.5, 0.6) is 0 Å². The van der Waals surface area contributed by atoms with E-state index in [1.165, 1.54) is 45.2 Å². The number of likely N-dealkylation sites (N-methyl/N-ethyl adjacent to an activating group) is 1. The van der Waals surface area contributed by atoms with Gasteiger partial charge in [-0.2, -0.15) is 0 Å². The van der Waals surface area contributed by atoms with Gasteiger partial charge in [-0.3, -0.25) is 0 Å². The van der Waals surface area contributed by atoms with Gasteiger partial charge in [0.2, 0.25) is 0 Å². The van der Waals surface area contributed by atoms with E-state index in [0.29, 0.717) is 0 Å². The zero-order valence-corrected chi connectivity index (χ0v) is 9.21. The number of likely N-dealkylation sites (tertiary alicyclic amines) is 1. The molecule has 2 aliphatic rings. The van der Waals surface area contributed by atoms with Crippen LogP contribution in [0.3, 0.4) is 0 Å². The second kappa shape index (κ2) is 4.94. The van der Waals surface area contributed by atoms with E-state index in [1.807, 2.05) is 0 Å². The van der Waals surface area contributed by atoms with Crippen molar-refractivity contribution in [3.05, 3.63) is 12.2 Å². The van der Waals surface area contributed by atoms with E-state index in [2.05, 4.69) is 29.4 Å². The monoisotopic (exact) mass is 194 g/mol. The van der Waals surface area contributed by atoms with E-state index < -0.39 is 0 Å². The summed E-state index contributed by atoms with van der Waals surface area (Å²) in [6.07, 6.45) is 11.2. The van der Waals surface area contributed by atoms with Gasteiger partial charge in [0.1, 0.15) is 0 Å². The lowest BCUT2D eigenvalue weighted by Crippen LogP contribution is -2.40. The first-order valence-corrected chi connectivity index (χ1v) is 5.95. The highest BCUT2D eigenvalue weighted by Gasteiger charge is 2.21. The fourth-order valence-corrected chi connectivity index (χ4v) is 2.52. The van der Waals surface area contributed by atoms with E-state index >= 15 is 0 Å². The standard InChI is InChI=1S/C12H22N2/c1-14-9-5-8-12(14)10-13-11-6-3-2-4-7-11/h2-3,11-13H,4-10H2,1H3. The highest BCUT2D eigenvalue weighted by molar-refractivity contribution is 4.93. The van der Waals surface area contributed by atoms with Crippen molar-refractivity contribution in [2.45, 2.75) is 44.2 Å². The minimum Gasteiger partial charge on any atom is -0.312 e. The number of nitrogens with one attached hydrogen (secondary N) is 1. The summed E-state index contributed by atoms with van der Waals surface area (Å²) in [5, 5.41) is 3.70. The van der Waals surface area contributed by atoms with Gasteiger partial charge < -0.3 is 10.2 Å². The first kappa shape index (κ1) is 10.2. The van der Waals surface area contributed by atoms with Crippen molar-refractivity contribution in [2.75, 3.05) is 20.1 Å². The molecular formula is C12H22N2. The molecule has 80 valence electrons. The third-order valence-corrected chi connectivity index (χ3v) is 3.58. The predicted molar refractivity (Wildman–Crippen MR) is 60.4 cm³/mol.